The second-order valence-corrected chi connectivity index (χ2v) is 8.37. The molecule has 1 saturated heterocycles. The molecule has 3 aromatic rings. The fourth-order valence-electron chi connectivity index (χ4n) is 3.31. The van der Waals surface area contributed by atoms with E-state index in [-0.39, 0.29) is 11.6 Å². The summed E-state index contributed by atoms with van der Waals surface area (Å²) in [6, 6.07) is 11.4. The van der Waals surface area contributed by atoms with Crippen molar-refractivity contribution >= 4 is 46.1 Å². The first kappa shape index (κ1) is 22.2. The minimum Gasteiger partial charge on any atom is -0.478 e. The number of nitrogens with one attached hydrogen (secondary N) is 2. The summed E-state index contributed by atoms with van der Waals surface area (Å²) in [7, 11) is 0. The monoisotopic (exact) mass is 463 g/mol. The van der Waals surface area contributed by atoms with Crippen LogP contribution in [0.3, 0.4) is 0 Å². The molecule has 0 unspecified atom stereocenters. The Kier molecular flexibility index (Phi) is 6.75. The van der Waals surface area contributed by atoms with E-state index in [1.165, 1.54) is 36.0 Å². The van der Waals surface area contributed by atoms with Crippen LogP contribution in [0.5, 0.6) is 0 Å². The molecule has 33 heavy (non-hydrogen) atoms. The minimum absolute atomic E-state index is 0.132. The molecule has 1 fully saturated rings. The van der Waals surface area contributed by atoms with Crippen LogP contribution in [0, 0.1) is 0 Å². The third kappa shape index (κ3) is 5.80. The van der Waals surface area contributed by atoms with Crippen molar-refractivity contribution < 1.29 is 19.5 Å². The van der Waals surface area contributed by atoms with E-state index in [9.17, 15) is 14.4 Å². The summed E-state index contributed by atoms with van der Waals surface area (Å²) >= 11 is 1.07. The molecular formula is C23H21N5O4S. The van der Waals surface area contributed by atoms with E-state index < -0.39 is 11.9 Å². The van der Waals surface area contributed by atoms with Crippen LogP contribution in [0.15, 0.2) is 60.4 Å². The summed E-state index contributed by atoms with van der Waals surface area (Å²) in [4.78, 5) is 46.4. The molecule has 10 heteroatoms. The van der Waals surface area contributed by atoms with E-state index in [0.29, 0.717) is 28.8 Å². The summed E-state index contributed by atoms with van der Waals surface area (Å²) in [5.41, 5.74) is 2.76. The molecule has 4 rings (SSSR count). The van der Waals surface area contributed by atoms with Crippen LogP contribution >= 0.6 is 11.3 Å². The average Bonchev–Trinajstić information content (AvgIpc) is 3.29. The topological polar surface area (TPSA) is 125 Å². The lowest BCUT2D eigenvalue weighted by Crippen LogP contribution is -2.39. The number of carboxylic acid groups (broad SMARTS) is 1. The Morgan fingerprint density at radius 2 is 1.76 bits per heavy atom. The van der Waals surface area contributed by atoms with Gasteiger partial charge < -0.3 is 15.3 Å². The normalized spacial score (nSPS) is 13.3. The number of aromatic nitrogens is 2. The van der Waals surface area contributed by atoms with Gasteiger partial charge in [0.15, 0.2) is 5.13 Å². The van der Waals surface area contributed by atoms with Gasteiger partial charge in [-0.05, 0) is 55.3 Å². The Hall–Kier alpha value is -4.05. The van der Waals surface area contributed by atoms with Crippen LogP contribution in [-0.2, 0) is 0 Å². The molecular weight excluding hydrogens is 442 g/mol. The number of anilines is 2. The zero-order valence-corrected chi connectivity index (χ0v) is 18.3. The molecule has 0 saturated carbocycles. The van der Waals surface area contributed by atoms with Crippen molar-refractivity contribution in [3.63, 3.8) is 0 Å². The number of aromatic carboxylic acids is 1. The predicted octanol–water partition coefficient (Wildman–Crippen LogP) is 4.20. The van der Waals surface area contributed by atoms with Gasteiger partial charge in [-0.15, -0.1) is 0 Å². The van der Waals surface area contributed by atoms with Gasteiger partial charge in [-0.3, -0.25) is 15.1 Å². The molecule has 0 bridgehead atoms. The van der Waals surface area contributed by atoms with Crippen LogP contribution < -0.4 is 10.6 Å². The van der Waals surface area contributed by atoms with Crippen LogP contribution in [-0.4, -0.2) is 51.0 Å². The van der Waals surface area contributed by atoms with Gasteiger partial charge in [0, 0.05) is 25.0 Å². The molecule has 3 heterocycles. The maximum absolute atomic E-state index is 12.6. The van der Waals surface area contributed by atoms with Crippen LogP contribution in [0.2, 0.25) is 0 Å². The van der Waals surface area contributed by atoms with Gasteiger partial charge in [0.1, 0.15) is 4.88 Å². The van der Waals surface area contributed by atoms with Gasteiger partial charge >= 0.3 is 12.0 Å². The molecule has 0 radical (unpaired) electrons. The minimum atomic E-state index is -1.04. The lowest BCUT2D eigenvalue weighted by Gasteiger charge is -2.28. The van der Waals surface area contributed by atoms with E-state index in [1.54, 1.807) is 11.1 Å². The van der Waals surface area contributed by atoms with Crippen molar-refractivity contribution in [3.05, 3.63) is 76.6 Å². The van der Waals surface area contributed by atoms with Crippen molar-refractivity contribution in [3.8, 4) is 0 Å². The molecule has 0 aliphatic carbocycles. The van der Waals surface area contributed by atoms with E-state index in [4.69, 9.17) is 5.11 Å². The standard InChI is InChI=1S/C23H21N5O4S/c29-20(26-17-6-4-16(5-7-17)21(30)31)19-14-25-22(33-19)27-23(32)28-11-8-15(9-12-28)13-18-3-1-2-10-24-18/h1-7,10,13-14H,8-9,11-12H2,(H,26,29)(H,30,31)(H,25,27,32). The highest BCUT2D eigenvalue weighted by molar-refractivity contribution is 7.17. The Bertz CT molecular complexity index is 1180. The number of likely N-dealkylation sites (tertiary alicyclic amines) is 1. The number of carbonyl (C=O) groups is 3. The first-order valence-corrected chi connectivity index (χ1v) is 11.1. The van der Waals surface area contributed by atoms with Gasteiger partial charge in [0.05, 0.1) is 17.5 Å². The molecule has 3 N–H and O–H groups in total. The van der Waals surface area contributed by atoms with E-state index in [2.05, 4.69) is 26.7 Å². The predicted molar refractivity (Wildman–Crippen MR) is 126 cm³/mol. The van der Waals surface area contributed by atoms with Crippen LogP contribution in [0.25, 0.3) is 6.08 Å². The smallest absolute Gasteiger partial charge is 0.335 e. The SMILES string of the molecule is O=C(O)c1ccc(NC(=O)c2cnc(NC(=O)N3CCC(=Cc4ccccn4)CC3)s2)cc1. The van der Waals surface area contributed by atoms with Gasteiger partial charge in [0.25, 0.3) is 5.91 Å². The largest absolute Gasteiger partial charge is 0.478 e. The second kappa shape index (κ2) is 10.0. The number of thiazole rings is 1. The summed E-state index contributed by atoms with van der Waals surface area (Å²) < 4.78 is 0. The first-order valence-electron chi connectivity index (χ1n) is 10.2. The van der Waals surface area contributed by atoms with E-state index in [1.807, 2.05) is 18.2 Å². The molecule has 2 aromatic heterocycles. The summed E-state index contributed by atoms with van der Waals surface area (Å²) in [6.45, 7) is 1.19. The third-order valence-electron chi connectivity index (χ3n) is 5.07. The lowest BCUT2D eigenvalue weighted by atomic mass is 10.0. The highest BCUT2D eigenvalue weighted by Gasteiger charge is 2.21. The van der Waals surface area contributed by atoms with E-state index >= 15 is 0 Å². The average molecular weight is 464 g/mol. The summed E-state index contributed by atoms with van der Waals surface area (Å²) in [6.07, 6.45) is 6.76. The van der Waals surface area contributed by atoms with Gasteiger partial charge in [-0.25, -0.2) is 14.6 Å². The first-order chi connectivity index (χ1) is 16.0. The van der Waals surface area contributed by atoms with Gasteiger partial charge in [0.2, 0.25) is 0 Å². The molecule has 0 spiro atoms. The molecule has 1 aromatic carbocycles. The Morgan fingerprint density at radius 1 is 1.00 bits per heavy atom. The number of carbonyl (C=O) groups excluding carboxylic acids is 2. The van der Waals surface area contributed by atoms with Crippen LogP contribution in [0.4, 0.5) is 15.6 Å². The van der Waals surface area contributed by atoms with Crippen molar-refractivity contribution in [1.82, 2.24) is 14.9 Å². The molecule has 1 aliphatic rings. The molecule has 0 atom stereocenters. The number of urea groups is 1. The van der Waals surface area contributed by atoms with Gasteiger partial charge in [-0.1, -0.05) is 23.0 Å². The Morgan fingerprint density at radius 3 is 2.42 bits per heavy atom. The van der Waals surface area contributed by atoms with Crippen molar-refractivity contribution in [2.75, 3.05) is 23.7 Å². The number of hydrogen-bond donors (Lipinski definition) is 3. The molecule has 3 amide bonds. The van der Waals surface area contributed by atoms with Crippen molar-refractivity contribution in [1.29, 1.82) is 0 Å². The highest BCUT2D eigenvalue weighted by atomic mass is 32.1. The summed E-state index contributed by atoms with van der Waals surface area (Å²) in [5.74, 6) is -1.43. The second-order valence-electron chi connectivity index (χ2n) is 7.34. The van der Waals surface area contributed by atoms with Crippen LogP contribution in [0.1, 0.15) is 38.6 Å². The number of amides is 3. The number of nitrogens with zero attached hydrogens (tertiary/aromatic N) is 3. The Balaban J connectivity index is 1.29. The maximum atomic E-state index is 12.6. The molecule has 168 valence electrons. The number of benzene rings is 1. The molecule has 1 aliphatic heterocycles. The quantitative estimate of drug-likeness (QED) is 0.521. The zero-order valence-electron chi connectivity index (χ0n) is 17.5. The number of carboxylic acids is 1. The maximum Gasteiger partial charge on any atom is 0.335 e. The highest BCUT2D eigenvalue weighted by Crippen LogP contribution is 2.23. The number of rotatable bonds is 5. The zero-order chi connectivity index (χ0) is 23.2. The third-order valence-corrected chi connectivity index (χ3v) is 5.98. The summed E-state index contributed by atoms with van der Waals surface area (Å²) in [5, 5.41) is 14.7. The van der Waals surface area contributed by atoms with E-state index in [0.717, 1.165) is 29.9 Å². The van der Waals surface area contributed by atoms with Gasteiger partial charge in [-0.2, -0.15) is 0 Å². The number of pyridine rings is 1. The lowest BCUT2D eigenvalue weighted by molar-refractivity contribution is 0.0696. The number of piperidine rings is 1. The fraction of sp³-hybridized carbons (Fsp3) is 0.174. The number of hydrogen-bond acceptors (Lipinski definition) is 6. The van der Waals surface area contributed by atoms with Crippen molar-refractivity contribution in [2.45, 2.75) is 12.8 Å². The fourth-order valence-corrected chi connectivity index (χ4v) is 4.01. The Labute approximate surface area is 193 Å². The van der Waals surface area contributed by atoms with Crippen molar-refractivity contribution in [2.24, 2.45) is 0 Å². The molecule has 9 nitrogen and oxygen atoms in total.